The molecule has 0 radical (unpaired) electrons. The lowest BCUT2D eigenvalue weighted by Gasteiger charge is -2.19. The molecule has 7 nitrogen and oxygen atoms in total. The van der Waals surface area contributed by atoms with E-state index in [1.165, 1.54) is 4.90 Å². The Morgan fingerprint density at radius 1 is 1.11 bits per heavy atom. The van der Waals surface area contributed by atoms with Gasteiger partial charge in [0.1, 0.15) is 13.1 Å². The lowest BCUT2D eigenvalue weighted by atomic mass is 10.4. The lowest BCUT2D eigenvalue weighted by Crippen LogP contribution is -2.28. The van der Waals surface area contributed by atoms with E-state index < -0.39 is 0 Å². The normalized spacial score (nSPS) is 13.9. The third-order valence-corrected chi connectivity index (χ3v) is 2.95. The Balaban J connectivity index is 2.29. The van der Waals surface area contributed by atoms with Gasteiger partial charge in [0.2, 0.25) is 17.2 Å². The van der Waals surface area contributed by atoms with Crippen LogP contribution in [-0.4, -0.2) is 41.1 Å². The van der Waals surface area contributed by atoms with Crippen LogP contribution in [0.3, 0.4) is 0 Å². The molecule has 0 atom stereocenters. The van der Waals surface area contributed by atoms with Gasteiger partial charge in [-0.05, 0) is 24.4 Å². The molecule has 0 N–H and O–H groups in total. The molecule has 8 heteroatoms. The zero-order valence-electron chi connectivity index (χ0n) is 10.3. The van der Waals surface area contributed by atoms with Crippen LogP contribution in [0.4, 0.5) is 11.9 Å². The van der Waals surface area contributed by atoms with Gasteiger partial charge in [-0.25, -0.2) is 0 Å². The second kappa shape index (κ2) is 6.17. The summed E-state index contributed by atoms with van der Waals surface area (Å²) in [7, 11) is 0. The van der Waals surface area contributed by atoms with Crippen molar-refractivity contribution in [2.24, 2.45) is 0 Å². The average molecular weight is 278 g/mol. The predicted octanol–water partition coefficient (Wildman–Crippen LogP) is 0.979. The maximum atomic E-state index is 8.76. The fraction of sp³-hybridized carbons (Fsp3) is 0.545. The Morgan fingerprint density at radius 2 is 1.74 bits per heavy atom. The molecule has 2 heterocycles. The summed E-state index contributed by atoms with van der Waals surface area (Å²) < 4.78 is 0. The Kier molecular flexibility index (Phi) is 4.32. The van der Waals surface area contributed by atoms with Gasteiger partial charge < -0.3 is 9.80 Å². The minimum atomic E-state index is 0.0351. The first-order chi connectivity index (χ1) is 9.24. The maximum Gasteiger partial charge on any atom is 0.233 e. The van der Waals surface area contributed by atoms with Gasteiger partial charge in [-0.2, -0.15) is 25.5 Å². The fourth-order valence-corrected chi connectivity index (χ4v) is 2.05. The van der Waals surface area contributed by atoms with Gasteiger partial charge in [0.15, 0.2) is 0 Å². The van der Waals surface area contributed by atoms with Gasteiger partial charge in [-0.1, -0.05) is 0 Å². The van der Waals surface area contributed by atoms with Crippen molar-refractivity contribution >= 4 is 23.5 Å². The number of hydrogen-bond acceptors (Lipinski definition) is 7. The average Bonchev–Trinajstić information content (AvgIpc) is 2.91. The molecule has 0 unspecified atom stereocenters. The molecule has 2 rings (SSSR count). The van der Waals surface area contributed by atoms with Crippen molar-refractivity contribution in [1.82, 2.24) is 15.0 Å². The molecule has 1 fully saturated rings. The summed E-state index contributed by atoms with van der Waals surface area (Å²) in [6.07, 6.45) is 2.19. The summed E-state index contributed by atoms with van der Waals surface area (Å²) in [6, 6.07) is 3.95. The summed E-state index contributed by atoms with van der Waals surface area (Å²) in [5.74, 6) is 0.776. The summed E-state index contributed by atoms with van der Waals surface area (Å²) in [4.78, 5) is 15.9. The first-order valence-electron chi connectivity index (χ1n) is 5.90. The second-order valence-corrected chi connectivity index (χ2v) is 4.41. The van der Waals surface area contributed by atoms with Gasteiger partial charge in [-0.3, -0.25) is 0 Å². The van der Waals surface area contributed by atoms with E-state index >= 15 is 0 Å². The zero-order valence-corrected chi connectivity index (χ0v) is 11.0. The fourth-order valence-electron chi connectivity index (χ4n) is 1.90. The van der Waals surface area contributed by atoms with E-state index in [4.69, 9.17) is 22.1 Å². The summed E-state index contributed by atoms with van der Waals surface area (Å²) >= 11 is 5.89. The number of nitriles is 2. The van der Waals surface area contributed by atoms with Crippen molar-refractivity contribution in [3.8, 4) is 12.1 Å². The maximum absolute atomic E-state index is 8.76. The summed E-state index contributed by atoms with van der Waals surface area (Å²) in [6.45, 7) is 1.84. The minimum Gasteiger partial charge on any atom is -0.341 e. The first kappa shape index (κ1) is 13.3. The van der Waals surface area contributed by atoms with Crippen molar-refractivity contribution in [1.29, 1.82) is 10.5 Å². The molecule has 1 aliphatic heterocycles. The van der Waals surface area contributed by atoms with E-state index in [1.807, 2.05) is 17.0 Å². The molecule has 0 saturated carbocycles. The highest BCUT2D eigenvalue weighted by Gasteiger charge is 2.19. The molecule has 98 valence electrons. The van der Waals surface area contributed by atoms with E-state index in [2.05, 4.69) is 15.0 Å². The van der Waals surface area contributed by atoms with Crippen molar-refractivity contribution in [3.05, 3.63) is 5.28 Å². The van der Waals surface area contributed by atoms with E-state index in [0.717, 1.165) is 25.9 Å². The highest BCUT2D eigenvalue weighted by Crippen LogP contribution is 2.20. The van der Waals surface area contributed by atoms with Crippen molar-refractivity contribution < 1.29 is 0 Å². The second-order valence-electron chi connectivity index (χ2n) is 4.07. The van der Waals surface area contributed by atoms with Crippen molar-refractivity contribution in [3.63, 3.8) is 0 Å². The van der Waals surface area contributed by atoms with Gasteiger partial charge in [0, 0.05) is 13.1 Å². The first-order valence-corrected chi connectivity index (χ1v) is 6.28. The number of halogens is 1. The van der Waals surface area contributed by atoms with E-state index in [1.54, 1.807) is 0 Å². The van der Waals surface area contributed by atoms with E-state index in [-0.39, 0.29) is 24.3 Å². The van der Waals surface area contributed by atoms with Crippen LogP contribution in [0.5, 0.6) is 0 Å². The highest BCUT2D eigenvalue weighted by atomic mass is 35.5. The third-order valence-electron chi connectivity index (χ3n) is 2.78. The van der Waals surface area contributed by atoms with Crippen molar-refractivity contribution in [2.45, 2.75) is 12.8 Å². The highest BCUT2D eigenvalue weighted by molar-refractivity contribution is 6.28. The van der Waals surface area contributed by atoms with Gasteiger partial charge >= 0.3 is 0 Å². The minimum absolute atomic E-state index is 0.0351. The quantitative estimate of drug-likeness (QED) is 0.757. The molecule has 1 aromatic rings. The van der Waals surface area contributed by atoms with Crippen LogP contribution in [0.2, 0.25) is 5.28 Å². The standard InChI is InChI=1S/C11H12ClN7/c12-9-15-10(18-5-1-2-6-18)17-11(16-9)19(7-3-13)8-4-14/h1-2,5-8H2. The van der Waals surface area contributed by atoms with Gasteiger partial charge in [-0.15, -0.1) is 0 Å². The predicted molar refractivity (Wildman–Crippen MR) is 69.7 cm³/mol. The molecule has 19 heavy (non-hydrogen) atoms. The molecular formula is C11H12ClN7. The zero-order chi connectivity index (χ0) is 13.7. The number of aromatic nitrogens is 3. The third kappa shape index (κ3) is 3.21. The Labute approximate surface area is 116 Å². The molecule has 0 bridgehead atoms. The Hall–Kier alpha value is -2.12. The molecule has 0 aromatic carbocycles. The molecule has 1 saturated heterocycles. The smallest absolute Gasteiger partial charge is 0.233 e. The number of anilines is 2. The lowest BCUT2D eigenvalue weighted by molar-refractivity contribution is 0.838. The summed E-state index contributed by atoms with van der Waals surface area (Å²) in [5.41, 5.74) is 0. The van der Waals surface area contributed by atoms with Crippen LogP contribution in [0, 0.1) is 22.7 Å². The molecule has 0 aliphatic carbocycles. The monoisotopic (exact) mass is 277 g/mol. The van der Waals surface area contributed by atoms with Crippen LogP contribution >= 0.6 is 11.6 Å². The van der Waals surface area contributed by atoms with Crippen LogP contribution < -0.4 is 9.80 Å². The van der Waals surface area contributed by atoms with Gasteiger partial charge in [0.05, 0.1) is 12.1 Å². The summed E-state index contributed by atoms with van der Waals surface area (Å²) in [5, 5.41) is 17.6. The molecular weight excluding hydrogens is 266 g/mol. The number of rotatable bonds is 4. The van der Waals surface area contributed by atoms with Crippen LogP contribution in [0.15, 0.2) is 0 Å². The van der Waals surface area contributed by atoms with Crippen LogP contribution in [0.1, 0.15) is 12.8 Å². The van der Waals surface area contributed by atoms with Crippen molar-refractivity contribution in [2.75, 3.05) is 36.0 Å². The van der Waals surface area contributed by atoms with Crippen LogP contribution in [-0.2, 0) is 0 Å². The molecule has 1 aromatic heterocycles. The molecule has 0 amide bonds. The Bertz CT molecular complexity index is 511. The SMILES string of the molecule is N#CCN(CC#N)c1nc(Cl)nc(N2CCCC2)n1. The van der Waals surface area contributed by atoms with E-state index in [0.29, 0.717) is 5.95 Å². The van der Waals surface area contributed by atoms with Gasteiger partial charge in [0.25, 0.3) is 0 Å². The topological polar surface area (TPSA) is 92.7 Å². The Morgan fingerprint density at radius 3 is 2.32 bits per heavy atom. The van der Waals surface area contributed by atoms with E-state index in [9.17, 15) is 0 Å². The molecule has 0 spiro atoms. The number of nitrogens with zero attached hydrogens (tertiary/aromatic N) is 7. The van der Waals surface area contributed by atoms with Crippen LogP contribution in [0.25, 0.3) is 0 Å². The number of hydrogen-bond donors (Lipinski definition) is 0. The molecule has 1 aliphatic rings. The largest absolute Gasteiger partial charge is 0.341 e.